The summed E-state index contributed by atoms with van der Waals surface area (Å²) in [7, 11) is 0. The van der Waals surface area contributed by atoms with Gasteiger partial charge in [0, 0.05) is 34.3 Å². The molecule has 0 saturated carbocycles. The van der Waals surface area contributed by atoms with Crippen molar-refractivity contribution in [2.24, 2.45) is 0 Å². The molecule has 1 atom stereocenters. The van der Waals surface area contributed by atoms with E-state index < -0.39 is 6.10 Å². The SMILES string of the molecule is O=C(NCC(O)c1cc(-c2ccco2)cs1)c1noc2c1CCCC2. The summed E-state index contributed by atoms with van der Waals surface area (Å²) in [5, 5.41) is 18.9. The average Bonchev–Trinajstić information content (AvgIpc) is 3.38. The smallest absolute Gasteiger partial charge is 0.273 e. The number of aryl methyl sites for hydroxylation is 1. The Balaban J connectivity index is 1.39. The van der Waals surface area contributed by atoms with E-state index >= 15 is 0 Å². The zero-order valence-corrected chi connectivity index (χ0v) is 14.3. The molecule has 3 heterocycles. The van der Waals surface area contributed by atoms with Gasteiger partial charge in [-0.3, -0.25) is 4.79 Å². The van der Waals surface area contributed by atoms with Gasteiger partial charge in [-0.1, -0.05) is 5.16 Å². The van der Waals surface area contributed by atoms with E-state index in [0.29, 0.717) is 5.69 Å². The van der Waals surface area contributed by atoms with E-state index in [-0.39, 0.29) is 12.5 Å². The van der Waals surface area contributed by atoms with Gasteiger partial charge in [-0.15, -0.1) is 11.3 Å². The summed E-state index contributed by atoms with van der Waals surface area (Å²) in [4.78, 5) is 13.1. The van der Waals surface area contributed by atoms with E-state index in [0.717, 1.165) is 53.2 Å². The summed E-state index contributed by atoms with van der Waals surface area (Å²) < 4.78 is 10.6. The number of nitrogens with one attached hydrogen (secondary N) is 1. The van der Waals surface area contributed by atoms with Crippen LogP contribution in [-0.4, -0.2) is 22.7 Å². The molecule has 6 nitrogen and oxygen atoms in total. The van der Waals surface area contributed by atoms with Crippen molar-refractivity contribution in [2.75, 3.05) is 6.54 Å². The molecule has 25 heavy (non-hydrogen) atoms. The van der Waals surface area contributed by atoms with Crippen LogP contribution >= 0.6 is 11.3 Å². The lowest BCUT2D eigenvalue weighted by Crippen LogP contribution is -2.29. The molecule has 1 amide bonds. The minimum absolute atomic E-state index is 0.124. The lowest BCUT2D eigenvalue weighted by molar-refractivity contribution is 0.0908. The van der Waals surface area contributed by atoms with Gasteiger partial charge in [-0.2, -0.15) is 0 Å². The van der Waals surface area contributed by atoms with Crippen molar-refractivity contribution in [3.63, 3.8) is 0 Å². The number of hydrogen-bond donors (Lipinski definition) is 2. The van der Waals surface area contributed by atoms with Crippen LogP contribution in [0.1, 0.15) is 45.6 Å². The molecule has 0 radical (unpaired) electrons. The maximum absolute atomic E-state index is 12.3. The van der Waals surface area contributed by atoms with Gasteiger partial charge in [0.05, 0.1) is 6.26 Å². The maximum Gasteiger partial charge on any atom is 0.273 e. The molecule has 130 valence electrons. The highest BCUT2D eigenvalue weighted by molar-refractivity contribution is 7.10. The summed E-state index contributed by atoms with van der Waals surface area (Å²) in [5.41, 5.74) is 2.18. The average molecular weight is 358 g/mol. The van der Waals surface area contributed by atoms with Gasteiger partial charge in [-0.25, -0.2) is 0 Å². The lowest BCUT2D eigenvalue weighted by Gasteiger charge is -2.11. The molecule has 3 aromatic rings. The summed E-state index contributed by atoms with van der Waals surface area (Å²) in [6.45, 7) is 0.124. The van der Waals surface area contributed by atoms with Crippen LogP contribution in [0.25, 0.3) is 11.3 Å². The molecule has 1 aliphatic rings. The number of rotatable bonds is 5. The molecule has 7 heteroatoms. The Hall–Kier alpha value is -2.38. The minimum atomic E-state index is -0.777. The Kier molecular flexibility index (Phi) is 4.42. The topological polar surface area (TPSA) is 88.5 Å². The summed E-state index contributed by atoms with van der Waals surface area (Å²) >= 11 is 1.43. The molecule has 0 fully saturated rings. The largest absolute Gasteiger partial charge is 0.464 e. The number of aliphatic hydroxyl groups is 1. The van der Waals surface area contributed by atoms with Crippen LogP contribution in [-0.2, 0) is 12.8 Å². The van der Waals surface area contributed by atoms with Gasteiger partial charge in [0.15, 0.2) is 5.69 Å². The summed E-state index contributed by atoms with van der Waals surface area (Å²) in [5.74, 6) is 1.28. The molecule has 3 aromatic heterocycles. The molecule has 2 N–H and O–H groups in total. The Labute approximate surface area is 148 Å². The zero-order valence-electron chi connectivity index (χ0n) is 13.5. The Morgan fingerprint density at radius 2 is 2.28 bits per heavy atom. The van der Waals surface area contributed by atoms with E-state index in [1.807, 2.05) is 23.6 Å². The lowest BCUT2D eigenvalue weighted by atomic mass is 9.96. The molecular formula is C18H18N2O4S. The maximum atomic E-state index is 12.3. The number of aliphatic hydroxyl groups excluding tert-OH is 1. The van der Waals surface area contributed by atoms with E-state index in [4.69, 9.17) is 8.94 Å². The molecule has 0 aliphatic heterocycles. The molecule has 4 rings (SSSR count). The second-order valence-corrected chi connectivity index (χ2v) is 7.02. The third-order valence-electron chi connectivity index (χ3n) is 4.38. The fraction of sp³-hybridized carbons (Fsp3) is 0.333. The zero-order chi connectivity index (χ0) is 17.2. The number of fused-ring (bicyclic) bond motifs is 1. The number of carbonyl (C=O) groups is 1. The predicted molar refractivity (Wildman–Crippen MR) is 92.5 cm³/mol. The fourth-order valence-electron chi connectivity index (χ4n) is 3.04. The van der Waals surface area contributed by atoms with Crippen LogP contribution in [0.2, 0.25) is 0 Å². The standard InChI is InChI=1S/C18H18N2O4S/c21-13(16-8-11(10-25-16)14-6-3-7-23-14)9-19-18(22)17-12-4-1-2-5-15(12)24-20-17/h3,6-8,10,13,21H,1-2,4-5,9H2,(H,19,22). The molecular weight excluding hydrogens is 340 g/mol. The summed E-state index contributed by atoms with van der Waals surface area (Å²) in [6, 6.07) is 5.56. The Bertz CT molecular complexity index is 866. The van der Waals surface area contributed by atoms with Crippen molar-refractivity contribution >= 4 is 17.2 Å². The fourth-order valence-corrected chi connectivity index (χ4v) is 3.92. The second kappa shape index (κ2) is 6.85. The first-order chi connectivity index (χ1) is 12.2. The molecule has 1 unspecified atom stereocenters. The first kappa shape index (κ1) is 16.1. The van der Waals surface area contributed by atoms with E-state index in [1.54, 1.807) is 6.26 Å². The van der Waals surface area contributed by atoms with Crippen molar-refractivity contribution in [3.05, 3.63) is 51.7 Å². The van der Waals surface area contributed by atoms with Crippen molar-refractivity contribution in [1.82, 2.24) is 10.5 Å². The van der Waals surface area contributed by atoms with Gasteiger partial charge in [0.1, 0.15) is 17.6 Å². The number of furan rings is 1. The number of hydrogen-bond acceptors (Lipinski definition) is 6. The number of amides is 1. The van der Waals surface area contributed by atoms with Crippen molar-refractivity contribution < 1.29 is 18.8 Å². The normalized spacial score (nSPS) is 14.9. The Morgan fingerprint density at radius 3 is 3.12 bits per heavy atom. The van der Waals surface area contributed by atoms with E-state index in [9.17, 15) is 9.90 Å². The highest BCUT2D eigenvalue weighted by atomic mass is 32.1. The van der Waals surface area contributed by atoms with Crippen molar-refractivity contribution in [1.29, 1.82) is 0 Å². The molecule has 1 aliphatic carbocycles. The van der Waals surface area contributed by atoms with Gasteiger partial charge in [0.2, 0.25) is 0 Å². The molecule has 0 spiro atoms. The number of thiophene rings is 1. The highest BCUT2D eigenvalue weighted by Crippen LogP contribution is 2.29. The third kappa shape index (κ3) is 3.25. The van der Waals surface area contributed by atoms with Gasteiger partial charge in [0.25, 0.3) is 5.91 Å². The van der Waals surface area contributed by atoms with Crippen molar-refractivity contribution in [3.8, 4) is 11.3 Å². The first-order valence-electron chi connectivity index (χ1n) is 8.28. The highest BCUT2D eigenvalue weighted by Gasteiger charge is 2.24. The van der Waals surface area contributed by atoms with Gasteiger partial charge in [-0.05, 0) is 37.5 Å². The van der Waals surface area contributed by atoms with E-state index in [1.165, 1.54) is 11.3 Å². The predicted octanol–water partition coefficient (Wildman–Crippen LogP) is 3.34. The number of aromatic nitrogens is 1. The van der Waals surface area contributed by atoms with Crippen LogP contribution in [0.5, 0.6) is 0 Å². The summed E-state index contributed by atoms with van der Waals surface area (Å²) in [6.07, 6.45) is 4.60. The van der Waals surface area contributed by atoms with Crippen LogP contribution in [0.3, 0.4) is 0 Å². The number of carbonyl (C=O) groups excluding carboxylic acids is 1. The quantitative estimate of drug-likeness (QED) is 0.730. The van der Waals surface area contributed by atoms with E-state index in [2.05, 4.69) is 10.5 Å². The molecule has 0 aromatic carbocycles. The first-order valence-corrected chi connectivity index (χ1v) is 9.16. The monoisotopic (exact) mass is 358 g/mol. The van der Waals surface area contributed by atoms with Gasteiger partial charge >= 0.3 is 0 Å². The van der Waals surface area contributed by atoms with Crippen LogP contribution in [0, 0.1) is 0 Å². The van der Waals surface area contributed by atoms with Crippen LogP contribution < -0.4 is 5.32 Å². The molecule has 0 bridgehead atoms. The number of nitrogens with zero attached hydrogens (tertiary/aromatic N) is 1. The Morgan fingerprint density at radius 1 is 1.40 bits per heavy atom. The molecule has 0 saturated heterocycles. The minimum Gasteiger partial charge on any atom is -0.464 e. The van der Waals surface area contributed by atoms with Crippen molar-refractivity contribution in [2.45, 2.75) is 31.8 Å². The van der Waals surface area contributed by atoms with Crippen LogP contribution in [0.4, 0.5) is 0 Å². The van der Waals surface area contributed by atoms with Crippen LogP contribution in [0.15, 0.2) is 38.8 Å². The second-order valence-electron chi connectivity index (χ2n) is 6.08. The third-order valence-corrected chi connectivity index (χ3v) is 5.41. The van der Waals surface area contributed by atoms with Gasteiger partial charge < -0.3 is 19.4 Å².